The number of benzene rings is 1. The molecule has 0 aliphatic rings. The van der Waals surface area contributed by atoms with Gasteiger partial charge in [-0.3, -0.25) is 4.98 Å². The van der Waals surface area contributed by atoms with Gasteiger partial charge in [-0.15, -0.1) is 0 Å². The Balaban J connectivity index is 2.13. The number of anilines is 2. The quantitative estimate of drug-likeness (QED) is 0.836. The van der Waals surface area contributed by atoms with Crippen molar-refractivity contribution < 1.29 is 0 Å². The van der Waals surface area contributed by atoms with E-state index in [0.29, 0.717) is 5.69 Å². The van der Waals surface area contributed by atoms with Crippen molar-refractivity contribution in [2.24, 2.45) is 0 Å². The van der Waals surface area contributed by atoms with E-state index in [4.69, 9.17) is 5.73 Å². The number of fused-ring (bicyclic) bond motifs is 1. The number of para-hydroxylation sites is 1. The van der Waals surface area contributed by atoms with Crippen LogP contribution in [0.15, 0.2) is 30.5 Å². The van der Waals surface area contributed by atoms with Crippen LogP contribution in [0.25, 0.3) is 10.9 Å². The number of likely N-dealkylation sites (N-methyl/N-ethyl adjacent to an activating group) is 1. The Morgan fingerprint density at radius 3 is 2.68 bits per heavy atom. The zero-order valence-electron chi connectivity index (χ0n) is 11.7. The Morgan fingerprint density at radius 1 is 1.21 bits per heavy atom. The van der Waals surface area contributed by atoms with E-state index in [-0.39, 0.29) is 0 Å². The molecule has 0 unspecified atom stereocenters. The summed E-state index contributed by atoms with van der Waals surface area (Å²) >= 11 is 0. The minimum absolute atomic E-state index is 0.707. The Hall–Kier alpha value is -1.81. The number of nitrogen functional groups attached to an aromatic ring is 1. The molecule has 0 spiro atoms. The first-order valence-corrected chi connectivity index (χ1v) is 6.85. The number of hydrogen-bond donors (Lipinski definition) is 2. The highest BCUT2D eigenvalue weighted by Crippen LogP contribution is 2.27. The maximum atomic E-state index is 6.03. The molecule has 0 aliphatic heterocycles. The molecule has 0 aliphatic carbocycles. The number of nitrogens with two attached hydrogens (primary N) is 1. The molecule has 1 heterocycles. The molecule has 4 heteroatoms. The molecule has 102 valence electrons. The van der Waals surface area contributed by atoms with Gasteiger partial charge in [0.2, 0.25) is 0 Å². The molecule has 2 aromatic rings. The Kier molecular flexibility index (Phi) is 4.58. The summed E-state index contributed by atoms with van der Waals surface area (Å²) in [6.45, 7) is 8.41. The largest absolute Gasteiger partial charge is 0.396 e. The van der Waals surface area contributed by atoms with Crippen LogP contribution in [0.2, 0.25) is 0 Å². The molecular formula is C15H22N4. The predicted octanol–water partition coefficient (Wildman–Crippen LogP) is 2.57. The Bertz CT molecular complexity index is 535. The molecule has 4 nitrogen and oxygen atoms in total. The van der Waals surface area contributed by atoms with Gasteiger partial charge in [0.25, 0.3) is 0 Å². The van der Waals surface area contributed by atoms with Crippen LogP contribution in [0, 0.1) is 0 Å². The third-order valence-corrected chi connectivity index (χ3v) is 3.43. The van der Waals surface area contributed by atoms with Gasteiger partial charge in [0.1, 0.15) is 0 Å². The molecule has 1 aromatic heterocycles. The maximum absolute atomic E-state index is 6.03. The zero-order valence-corrected chi connectivity index (χ0v) is 11.7. The van der Waals surface area contributed by atoms with Crippen LogP contribution in [-0.4, -0.2) is 36.1 Å². The minimum atomic E-state index is 0.707. The van der Waals surface area contributed by atoms with Gasteiger partial charge in [-0.05, 0) is 19.2 Å². The first-order chi connectivity index (χ1) is 9.26. The summed E-state index contributed by atoms with van der Waals surface area (Å²) < 4.78 is 0. The van der Waals surface area contributed by atoms with Crippen molar-refractivity contribution in [3.8, 4) is 0 Å². The second-order valence-corrected chi connectivity index (χ2v) is 4.56. The maximum Gasteiger partial charge on any atom is 0.0743 e. The minimum Gasteiger partial charge on any atom is -0.396 e. The number of rotatable bonds is 6. The van der Waals surface area contributed by atoms with Crippen molar-refractivity contribution >= 4 is 22.3 Å². The molecule has 0 atom stereocenters. The van der Waals surface area contributed by atoms with Crippen molar-refractivity contribution in [3.05, 3.63) is 30.5 Å². The van der Waals surface area contributed by atoms with Gasteiger partial charge in [-0.2, -0.15) is 0 Å². The van der Waals surface area contributed by atoms with Gasteiger partial charge in [0.15, 0.2) is 0 Å². The van der Waals surface area contributed by atoms with Crippen molar-refractivity contribution in [1.29, 1.82) is 0 Å². The molecule has 0 radical (unpaired) electrons. The monoisotopic (exact) mass is 258 g/mol. The van der Waals surface area contributed by atoms with Crippen molar-refractivity contribution in [1.82, 2.24) is 9.88 Å². The summed E-state index contributed by atoms with van der Waals surface area (Å²) in [5, 5.41) is 4.53. The van der Waals surface area contributed by atoms with Gasteiger partial charge < -0.3 is 16.0 Å². The molecule has 0 saturated heterocycles. The third kappa shape index (κ3) is 3.15. The van der Waals surface area contributed by atoms with Gasteiger partial charge in [-0.25, -0.2) is 0 Å². The lowest BCUT2D eigenvalue weighted by Gasteiger charge is -2.19. The summed E-state index contributed by atoms with van der Waals surface area (Å²) in [5.74, 6) is 0. The highest BCUT2D eigenvalue weighted by atomic mass is 15.1. The van der Waals surface area contributed by atoms with E-state index in [2.05, 4.69) is 35.1 Å². The SMILES string of the molecule is CCN(CC)CCNc1c(N)cnc2ccccc12. The fraction of sp³-hybridized carbons (Fsp3) is 0.400. The molecule has 3 N–H and O–H groups in total. The lowest BCUT2D eigenvalue weighted by Crippen LogP contribution is -2.28. The second-order valence-electron chi connectivity index (χ2n) is 4.56. The summed E-state index contributed by atoms with van der Waals surface area (Å²) in [4.78, 5) is 6.72. The average Bonchev–Trinajstić information content (AvgIpc) is 2.45. The van der Waals surface area contributed by atoms with Crippen molar-refractivity contribution in [2.45, 2.75) is 13.8 Å². The van der Waals surface area contributed by atoms with E-state index in [0.717, 1.165) is 42.8 Å². The molecule has 0 fully saturated rings. The average molecular weight is 258 g/mol. The number of hydrogen-bond acceptors (Lipinski definition) is 4. The highest BCUT2D eigenvalue weighted by molar-refractivity contribution is 5.96. The first-order valence-electron chi connectivity index (χ1n) is 6.85. The van der Waals surface area contributed by atoms with E-state index in [1.165, 1.54) is 0 Å². The lowest BCUT2D eigenvalue weighted by atomic mass is 10.1. The summed E-state index contributed by atoms with van der Waals surface area (Å²) in [5.41, 5.74) is 8.71. The van der Waals surface area contributed by atoms with Crippen LogP contribution in [-0.2, 0) is 0 Å². The lowest BCUT2D eigenvalue weighted by molar-refractivity contribution is 0.316. The van der Waals surface area contributed by atoms with Crippen LogP contribution in [0.3, 0.4) is 0 Å². The Morgan fingerprint density at radius 2 is 1.95 bits per heavy atom. The van der Waals surface area contributed by atoms with E-state index >= 15 is 0 Å². The Labute approximate surface area is 114 Å². The van der Waals surface area contributed by atoms with E-state index in [1.807, 2.05) is 18.2 Å². The van der Waals surface area contributed by atoms with Crippen molar-refractivity contribution in [2.75, 3.05) is 37.2 Å². The number of aromatic nitrogens is 1. The van der Waals surface area contributed by atoms with E-state index < -0.39 is 0 Å². The molecule has 19 heavy (non-hydrogen) atoms. The molecule has 2 rings (SSSR count). The molecular weight excluding hydrogens is 236 g/mol. The van der Waals surface area contributed by atoms with Crippen LogP contribution < -0.4 is 11.1 Å². The van der Waals surface area contributed by atoms with Crippen LogP contribution in [0.5, 0.6) is 0 Å². The fourth-order valence-electron chi connectivity index (χ4n) is 2.23. The topological polar surface area (TPSA) is 54.2 Å². The van der Waals surface area contributed by atoms with Gasteiger partial charge in [0.05, 0.1) is 23.1 Å². The predicted molar refractivity (Wildman–Crippen MR) is 82.4 cm³/mol. The van der Waals surface area contributed by atoms with Gasteiger partial charge in [0, 0.05) is 18.5 Å². The van der Waals surface area contributed by atoms with Crippen molar-refractivity contribution in [3.63, 3.8) is 0 Å². The third-order valence-electron chi connectivity index (χ3n) is 3.43. The molecule has 0 amide bonds. The number of nitrogens with one attached hydrogen (secondary N) is 1. The standard InChI is InChI=1S/C15H22N4/c1-3-19(4-2)10-9-17-15-12-7-5-6-8-14(12)18-11-13(15)16/h5-8,11H,3-4,9-10,16H2,1-2H3,(H,17,18). The smallest absolute Gasteiger partial charge is 0.0743 e. The zero-order chi connectivity index (χ0) is 13.7. The summed E-state index contributed by atoms with van der Waals surface area (Å²) in [6.07, 6.45) is 1.72. The second kappa shape index (κ2) is 6.38. The molecule has 0 bridgehead atoms. The first kappa shape index (κ1) is 13.6. The van der Waals surface area contributed by atoms with E-state index in [1.54, 1.807) is 6.20 Å². The number of pyridine rings is 1. The highest BCUT2D eigenvalue weighted by Gasteiger charge is 2.06. The number of nitrogens with zero attached hydrogens (tertiary/aromatic N) is 2. The molecule has 1 aromatic carbocycles. The summed E-state index contributed by atoms with van der Waals surface area (Å²) in [7, 11) is 0. The normalized spacial score (nSPS) is 11.1. The van der Waals surface area contributed by atoms with E-state index in [9.17, 15) is 0 Å². The van der Waals surface area contributed by atoms with Crippen LogP contribution in [0.1, 0.15) is 13.8 Å². The van der Waals surface area contributed by atoms with Crippen LogP contribution in [0.4, 0.5) is 11.4 Å². The van der Waals surface area contributed by atoms with Crippen LogP contribution >= 0.6 is 0 Å². The van der Waals surface area contributed by atoms with Gasteiger partial charge >= 0.3 is 0 Å². The molecule has 0 saturated carbocycles. The fourth-order valence-corrected chi connectivity index (χ4v) is 2.23. The van der Waals surface area contributed by atoms with Gasteiger partial charge in [-0.1, -0.05) is 32.0 Å². The summed E-state index contributed by atoms with van der Waals surface area (Å²) in [6, 6.07) is 8.06.